The molecule has 7 nitrogen and oxygen atoms in total. The number of aromatic nitrogens is 2. The predicted octanol–water partition coefficient (Wildman–Crippen LogP) is 1.49. The van der Waals surface area contributed by atoms with Crippen LogP contribution in [-0.2, 0) is 16.1 Å². The monoisotopic (exact) mass is 420 g/mol. The summed E-state index contributed by atoms with van der Waals surface area (Å²) in [4.78, 5) is 27.3. The topological polar surface area (TPSA) is 67.7 Å². The van der Waals surface area contributed by atoms with Crippen molar-refractivity contribution >= 4 is 34.6 Å². The Bertz CT molecular complexity index is 538. The van der Waals surface area contributed by atoms with Gasteiger partial charge in [0.25, 0.3) is 0 Å². The zero-order valence-electron chi connectivity index (χ0n) is 12.9. The van der Waals surface area contributed by atoms with Gasteiger partial charge in [-0.2, -0.15) is 5.10 Å². The van der Waals surface area contributed by atoms with E-state index in [1.54, 1.807) is 22.9 Å². The predicted molar refractivity (Wildman–Crippen MR) is 89.5 cm³/mol. The molecule has 0 saturated carbocycles. The average molecular weight is 420 g/mol. The van der Waals surface area contributed by atoms with Gasteiger partial charge in [-0.3, -0.25) is 9.48 Å². The highest BCUT2D eigenvalue weighted by atomic mass is 127. The number of carbonyl (C=O) groups is 2. The number of amides is 2. The fourth-order valence-electron chi connectivity index (χ4n) is 2.36. The summed E-state index contributed by atoms with van der Waals surface area (Å²) < 4.78 is 7.93. The molecule has 1 saturated heterocycles. The maximum Gasteiger partial charge on any atom is 0.409 e. The van der Waals surface area contributed by atoms with E-state index in [1.165, 1.54) is 0 Å². The Morgan fingerprint density at radius 3 is 2.45 bits per heavy atom. The molecule has 1 aromatic heterocycles. The summed E-state index contributed by atoms with van der Waals surface area (Å²) in [6.45, 7) is 6.94. The number of halogens is 1. The molecule has 0 N–H and O–H groups in total. The molecule has 2 amide bonds. The molecule has 0 radical (unpaired) electrons. The summed E-state index contributed by atoms with van der Waals surface area (Å²) in [6.07, 6.45) is 1.94. The minimum atomic E-state index is -0.295. The Hall–Kier alpha value is -1.32. The number of piperazine rings is 1. The van der Waals surface area contributed by atoms with Gasteiger partial charge in [0.05, 0.1) is 16.4 Å². The maximum atomic E-state index is 12.2. The van der Waals surface area contributed by atoms with E-state index in [0.717, 1.165) is 9.26 Å². The third-order valence-electron chi connectivity index (χ3n) is 3.74. The van der Waals surface area contributed by atoms with Gasteiger partial charge in [-0.05, 0) is 36.4 Å². The van der Waals surface area contributed by atoms with Gasteiger partial charge in [-0.1, -0.05) is 0 Å². The second-order valence-electron chi connectivity index (χ2n) is 5.12. The quantitative estimate of drug-likeness (QED) is 0.693. The Labute approximate surface area is 143 Å². The van der Waals surface area contributed by atoms with Crippen molar-refractivity contribution in [3.63, 3.8) is 0 Å². The molecule has 1 aliphatic rings. The molecule has 0 bridgehead atoms. The lowest BCUT2D eigenvalue weighted by Crippen LogP contribution is -2.50. The number of hydrogen-bond acceptors (Lipinski definition) is 4. The van der Waals surface area contributed by atoms with E-state index < -0.39 is 0 Å². The van der Waals surface area contributed by atoms with Crippen molar-refractivity contribution in [1.82, 2.24) is 19.6 Å². The summed E-state index contributed by atoms with van der Waals surface area (Å²) in [6, 6.07) is 0. The lowest BCUT2D eigenvalue weighted by Gasteiger charge is -2.34. The molecule has 22 heavy (non-hydrogen) atoms. The molecular formula is C14H21IN4O3. The number of aryl methyl sites for hydroxylation is 1. The van der Waals surface area contributed by atoms with E-state index in [-0.39, 0.29) is 12.0 Å². The molecule has 1 aliphatic heterocycles. The van der Waals surface area contributed by atoms with Crippen LogP contribution in [0.3, 0.4) is 0 Å². The van der Waals surface area contributed by atoms with Crippen molar-refractivity contribution in [2.75, 3.05) is 32.8 Å². The lowest BCUT2D eigenvalue weighted by atomic mass is 10.3. The number of ether oxygens (including phenoxy) is 1. The highest BCUT2D eigenvalue weighted by Gasteiger charge is 2.24. The van der Waals surface area contributed by atoms with Crippen LogP contribution in [0.4, 0.5) is 4.79 Å². The molecule has 122 valence electrons. The molecule has 1 fully saturated rings. The number of hydrogen-bond donors (Lipinski definition) is 0. The van der Waals surface area contributed by atoms with Crippen LogP contribution in [0.1, 0.15) is 19.0 Å². The number of rotatable bonds is 4. The molecule has 0 atom stereocenters. The second kappa shape index (κ2) is 7.80. The molecule has 0 aromatic carbocycles. The van der Waals surface area contributed by atoms with Crippen molar-refractivity contribution < 1.29 is 14.3 Å². The van der Waals surface area contributed by atoms with Crippen LogP contribution in [0.15, 0.2) is 6.20 Å². The van der Waals surface area contributed by atoms with E-state index in [0.29, 0.717) is 45.8 Å². The molecule has 2 rings (SSSR count). The lowest BCUT2D eigenvalue weighted by molar-refractivity contribution is -0.133. The minimum absolute atomic E-state index is 0.105. The van der Waals surface area contributed by atoms with Crippen molar-refractivity contribution in [2.24, 2.45) is 0 Å². The van der Waals surface area contributed by atoms with E-state index in [9.17, 15) is 9.59 Å². The van der Waals surface area contributed by atoms with Crippen LogP contribution >= 0.6 is 22.6 Å². The van der Waals surface area contributed by atoms with Crippen molar-refractivity contribution in [2.45, 2.75) is 26.8 Å². The third-order valence-corrected chi connectivity index (χ3v) is 4.80. The molecular weight excluding hydrogens is 399 g/mol. The number of nitrogens with zero attached hydrogens (tertiary/aromatic N) is 4. The Kier molecular flexibility index (Phi) is 6.04. The largest absolute Gasteiger partial charge is 0.450 e. The van der Waals surface area contributed by atoms with E-state index in [1.807, 2.05) is 11.6 Å². The second-order valence-corrected chi connectivity index (χ2v) is 6.28. The molecule has 1 aromatic rings. The van der Waals surface area contributed by atoms with Crippen LogP contribution in [-0.4, -0.2) is 64.4 Å². The molecule has 0 aliphatic carbocycles. The smallest absolute Gasteiger partial charge is 0.409 e. The summed E-state index contributed by atoms with van der Waals surface area (Å²) >= 11 is 2.23. The Morgan fingerprint density at radius 1 is 1.27 bits per heavy atom. The normalized spacial score (nSPS) is 15.0. The van der Waals surface area contributed by atoms with Gasteiger partial charge in [0.2, 0.25) is 5.91 Å². The van der Waals surface area contributed by atoms with E-state index in [4.69, 9.17) is 4.74 Å². The molecule has 2 heterocycles. The first kappa shape index (κ1) is 17.0. The molecule has 0 unspecified atom stereocenters. The third kappa shape index (κ3) is 4.11. The average Bonchev–Trinajstić information content (AvgIpc) is 2.84. The summed E-state index contributed by atoms with van der Waals surface area (Å²) in [5.74, 6) is 0.105. The Balaban J connectivity index is 1.78. The van der Waals surface area contributed by atoms with Crippen molar-refractivity contribution in [3.05, 3.63) is 15.5 Å². The van der Waals surface area contributed by atoms with Gasteiger partial charge in [0, 0.05) is 44.8 Å². The fraction of sp³-hybridized carbons (Fsp3) is 0.643. The van der Waals surface area contributed by atoms with Crippen molar-refractivity contribution in [1.29, 1.82) is 0 Å². The first-order valence-electron chi connectivity index (χ1n) is 7.40. The Morgan fingerprint density at radius 2 is 1.91 bits per heavy atom. The fourth-order valence-corrected chi connectivity index (χ4v) is 2.76. The summed E-state index contributed by atoms with van der Waals surface area (Å²) in [5.41, 5.74) is 1.08. The van der Waals surface area contributed by atoms with Gasteiger partial charge < -0.3 is 14.5 Å². The van der Waals surface area contributed by atoms with Crippen LogP contribution in [0.5, 0.6) is 0 Å². The standard InChI is InChI=1S/C14H21IN4O3/c1-3-22-14(21)18-8-6-17(7-9-18)13(20)4-5-19-11(2)12(15)10-16-19/h10H,3-9H2,1-2H3. The van der Waals surface area contributed by atoms with Gasteiger partial charge in [0.15, 0.2) is 0 Å². The van der Waals surface area contributed by atoms with E-state index >= 15 is 0 Å². The zero-order chi connectivity index (χ0) is 16.1. The molecule has 0 spiro atoms. The van der Waals surface area contributed by atoms with Gasteiger partial charge in [-0.15, -0.1) is 0 Å². The first-order chi connectivity index (χ1) is 10.5. The minimum Gasteiger partial charge on any atom is -0.450 e. The summed E-state index contributed by atoms with van der Waals surface area (Å²) in [7, 11) is 0. The van der Waals surface area contributed by atoms with Crippen LogP contribution in [0, 0.1) is 10.5 Å². The maximum absolute atomic E-state index is 12.2. The van der Waals surface area contributed by atoms with Gasteiger partial charge >= 0.3 is 6.09 Å². The van der Waals surface area contributed by atoms with Gasteiger partial charge in [-0.25, -0.2) is 4.79 Å². The number of carbonyl (C=O) groups excluding carboxylic acids is 2. The van der Waals surface area contributed by atoms with Crippen LogP contribution < -0.4 is 0 Å². The van der Waals surface area contributed by atoms with Crippen molar-refractivity contribution in [3.8, 4) is 0 Å². The van der Waals surface area contributed by atoms with Crippen LogP contribution in [0.25, 0.3) is 0 Å². The highest BCUT2D eigenvalue weighted by Crippen LogP contribution is 2.11. The highest BCUT2D eigenvalue weighted by molar-refractivity contribution is 14.1. The first-order valence-corrected chi connectivity index (χ1v) is 8.48. The van der Waals surface area contributed by atoms with Crippen LogP contribution in [0.2, 0.25) is 0 Å². The zero-order valence-corrected chi connectivity index (χ0v) is 15.1. The molecule has 8 heteroatoms. The van der Waals surface area contributed by atoms with Gasteiger partial charge in [0.1, 0.15) is 0 Å². The SMILES string of the molecule is CCOC(=O)N1CCN(C(=O)CCn2ncc(I)c2C)CC1. The summed E-state index contributed by atoms with van der Waals surface area (Å²) in [5, 5.41) is 4.26. The van der Waals surface area contributed by atoms with E-state index in [2.05, 4.69) is 27.7 Å².